The van der Waals surface area contributed by atoms with Gasteiger partial charge in [0, 0.05) is 6.08 Å². The van der Waals surface area contributed by atoms with Gasteiger partial charge in [-0.05, 0) is 59.3 Å². The van der Waals surface area contributed by atoms with E-state index in [1.165, 1.54) is 0 Å². The first-order valence-electron chi connectivity index (χ1n) is 14.5. The Morgan fingerprint density at radius 2 is 1.00 bits per heavy atom. The third-order valence-corrected chi connectivity index (χ3v) is 6.24. The van der Waals surface area contributed by atoms with Gasteiger partial charge >= 0.3 is 17.9 Å². The van der Waals surface area contributed by atoms with E-state index >= 15 is 0 Å². The molecule has 0 amide bonds. The quantitative estimate of drug-likeness (QED) is 0.0635. The number of carbonyl (C=O) groups excluding carboxylic acids is 3. The molecule has 0 rings (SSSR count). The molecule has 0 saturated carbocycles. The summed E-state index contributed by atoms with van der Waals surface area (Å²) in [5, 5.41) is 0. The first-order valence-corrected chi connectivity index (χ1v) is 14.5. The van der Waals surface area contributed by atoms with Crippen LogP contribution in [0.25, 0.3) is 0 Å². The maximum absolute atomic E-state index is 12.9. The van der Waals surface area contributed by atoms with Crippen molar-refractivity contribution in [2.75, 3.05) is 0 Å². The Kier molecular flexibility index (Phi) is 21.2. The lowest BCUT2D eigenvalue weighted by Gasteiger charge is -2.17. The molecule has 0 heterocycles. The third kappa shape index (κ3) is 19.4. The molecule has 6 heteroatoms. The van der Waals surface area contributed by atoms with Gasteiger partial charge in [-0.2, -0.15) is 0 Å². The molecule has 0 aromatic heterocycles. The van der Waals surface area contributed by atoms with Crippen molar-refractivity contribution in [2.45, 2.75) is 163 Å². The van der Waals surface area contributed by atoms with Gasteiger partial charge < -0.3 is 14.2 Å². The third-order valence-electron chi connectivity index (χ3n) is 6.24. The number of hydrogen-bond acceptors (Lipinski definition) is 6. The van der Waals surface area contributed by atoms with Gasteiger partial charge in [0.05, 0.1) is 30.3 Å². The maximum atomic E-state index is 12.9. The van der Waals surface area contributed by atoms with Gasteiger partial charge in [-0.25, -0.2) is 9.59 Å². The highest BCUT2D eigenvalue weighted by Crippen LogP contribution is 2.16. The summed E-state index contributed by atoms with van der Waals surface area (Å²) in [4.78, 5) is 38.0. The number of hydrogen-bond donors (Lipinski definition) is 0. The van der Waals surface area contributed by atoms with E-state index in [0.717, 1.165) is 102 Å². The maximum Gasteiger partial charge on any atom is 0.335 e. The van der Waals surface area contributed by atoms with Gasteiger partial charge in [0.25, 0.3) is 0 Å². The molecule has 0 radical (unpaired) electrons. The second-order valence-electron chi connectivity index (χ2n) is 10.2. The van der Waals surface area contributed by atoms with Gasteiger partial charge in [-0.15, -0.1) is 0 Å². The molecule has 6 nitrogen and oxygen atoms in total. The van der Waals surface area contributed by atoms with Crippen LogP contribution in [0.15, 0.2) is 11.6 Å². The Hall–Kier alpha value is -1.85. The largest absolute Gasteiger partial charge is 0.462 e. The standard InChI is InChI=1S/C30H54O6/c1-7-10-13-16-19-24(4)34-28(31)22-27(30(33)36-26(6)21-18-15-12-9-3)23-29(32)35-25(5)20-17-14-11-8-2/h22,24-26H,7-21,23H2,1-6H3/b27-22+/t24-,25+,26-/m0/s1. The molecule has 0 saturated heterocycles. The van der Waals surface area contributed by atoms with Gasteiger partial charge in [-0.3, -0.25) is 4.79 Å². The predicted molar refractivity (Wildman–Crippen MR) is 146 cm³/mol. The van der Waals surface area contributed by atoms with E-state index in [9.17, 15) is 14.4 Å². The van der Waals surface area contributed by atoms with Crippen LogP contribution in [0.4, 0.5) is 0 Å². The predicted octanol–water partition coefficient (Wildman–Crippen LogP) is 8.01. The molecule has 0 fully saturated rings. The zero-order chi connectivity index (χ0) is 27.2. The van der Waals surface area contributed by atoms with Crippen LogP contribution in [0.2, 0.25) is 0 Å². The summed E-state index contributed by atoms with van der Waals surface area (Å²) in [6.45, 7) is 12.0. The fraction of sp³-hybridized carbons (Fsp3) is 0.833. The van der Waals surface area contributed by atoms with E-state index in [-0.39, 0.29) is 30.3 Å². The fourth-order valence-corrected chi connectivity index (χ4v) is 3.99. The first-order chi connectivity index (χ1) is 17.2. The van der Waals surface area contributed by atoms with Gasteiger partial charge in [-0.1, -0.05) is 78.6 Å². The average Bonchev–Trinajstić information content (AvgIpc) is 2.81. The number of rotatable bonds is 22. The van der Waals surface area contributed by atoms with Crippen molar-refractivity contribution in [3.8, 4) is 0 Å². The lowest BCUT2D eigenvalue weighted by molar-refractivity contribution is -0.151. The number of ether oxygens (including phenoxy) is 3. The van der Waals surface area contributed by atoms with E-state index in [4.69, 9.17) is 14.2 Å². The molecule has 36 heavy (non-hydrogen) atoms. The molecule has 0 aromatic carbocycles. The van der Waals surface area contributed by atoms with E-state index in [1.807, 2.05) is 20.8 Å². The van der Waals surface area contributed by atoms with Crippen molar-refractivity contribution in [3.63, 3.8) is 0 Å². The molecule has 0 spiro atoms. The Labute approximate surface area is 220 Å². The molecule has 0 bridgehead atoms. The van der Waals surface area contributed by atoms with Gasteiger partial charge in [0.1, 0.15) is 0 Å². The summed E-state index contributed by atoms with van der Waals surface area (Å²) in [6.07, 6.45) is 15.5. The van der Waals surface area contributed by atoms with Gasteiger partial charge in [0.15, 0.2) is 0 Å². The number of unbranched alkanes of at least 4 members (excludes halogenated alkanes) is 9. The Balaban J connectivity index is 5.05. The van der Waals surface area contributed by atoms with Crippen LogP contribution in [0.1, 0.15) is 144 Å². The molecule has 0 aliphatic heterocycles. The average molecular weight is 511 g/mol. The highest BCUT2D eigenvalue weighted by atomic mass is 16.6. The minimum atomic E-state index is -0.655. The van der Waals surface area contributed by atoms with Crippen molar-refractivity contribution < 1.29 is 28.6 Å². The molecule has 0 aromatic rings. The summed E-state index contributed by atoms with van der Waals surface area (Å²) in [5.41, 5.74) is -0.0122. The molecular weight excluding hydrogens is 456 g/mol. The van der Waals surface area contributed by atoms with Crippen LogP contribution in [0, 0.1) is 0 Å². The summed E-state index contributed by atoms with van der Waals surface area (Å²) in [7, 11) is 0. The van der Waals surface area contributed by atoms with Gasteiger partial charge in [0.2, 0.25) is 0 Å². The SMILES string of the molecule is CCCCCC[C@@H](C)OC(=O)C/C(=C\C(=O)O[C@@H](C)CCCCCC)C(=O)O[C@@H](C)CCCCCC. The van der Waals surface area contributed by atoms with Crippen molar-refractivity contribution in [3.05, 3.63) is 11.6 Å². The van der Waals surface area contributed by atoms with Crippen molar-refractivity contribution in [2.24, 2.45) is 0 Å². The Morgan fingerprint density at radius 1 is 0.583 bits per heavy atom. The minimum Gasteiger partial charge on any atom is -0.462 e. The van der Waals surface area contributed by atoms with Crippen molar-refractivity contribution in [1.29, 1.82) is 0 Å². The second-order valence-corrected chi connectivity index (χ2v) is 10.2. The molecule has 0 aliphatic carbocycles. The highest BCUT2D eigenvalue weighted by Gasteiger charge is 2.22. The minimum absolute atomic E-state index is 0.0122. The Morgan fingerprint density at radius 3 is 1.44 bits per heavy atom. The van der Waals surface area contributed by atoms with Crippen LogP contribution in [0.3, 0.4) is 0 Å². The van der Waals surface area contributed by atoms with E-state index < -0.39 is 17.9 Å². The first kappa shape index (κ1) is 34.1. The summed E-state index contributed by atoms with van der Waals surface area (Å²) in [5.74, 6) is -1.81. The van der Waals surface area contributed by atoms with Crippen LogP contribution >= 0.6 is 0 Å². The zero-order valence-corrected chi connectivity index (χ0v) is 24.1. The Bertz CT molecular complexity index is 627. The summed E-state index contributed by atoms with van der Waals surface area (Å²) < 4.78 is 16.5. The van der Waals surface area contributed by atoms with Crippen LogP contribution in [0.5, 0.6) is 0 Å². The second kappa shape index (κ2) is 22.4. The van der Waals surface area contributed by atoms with Crippen molar-refractivity contribution in [1.82, 2.24) is 0 Å². The van der Waals surface area contributed by atoms with E-state index in [2.05, 4.69) is 20.8 Å². The molecule has 0 N–H and O–H groups in total. The molecule has 3 atom stereocenters. The summed E-state index contributed by atoms with van der Waals surface area (Å²) in [6, 6.07) is 0. The molecule has 0 unspecified atom stereocenters. The lowest BCUT2D eigenvalue weighted by atomic mass is 10.1. The number of esters is 3. The highest BCUT2D eigenvalue weighted by molar-refractivity contribution is 5.99. The lowest BCUT2D eigenvalue weighted by Crippen LogP contribution is -2.22. The van der Waals surface area contributed by atoms with Crippen LogP contribution in [-0.4, -0.2) is 36.2 Å². The van der Waals surface area contributed by atoms with Crippen LogP contribution in [-0.2, 0) is 28.6 Å². The summed E-state index contributed by atoms with van der Waals surface area (Å²) >= 11 is 0. The van der Waals surface area contributed by atoms with Crippen molar-refractivity contribution >= 4 is 17.9 Å². The topological polar surface area (TPSA) is 78.9 Å². The van der Waals surface area contributed by atoms with Crippen LogP contribution < -0.4 is 0 Å². The van der Waals surface area contributed by atoms with E-state index in [0.29, 0.717) is 0 Å². The normalized spacial score (nSPS) is 14.1. The molecule has 210 valence electrons. The van der Waals surface area contributed by atoms with E-state index in [1.54, 1.807) is 0 Å². The monoisotopic (exact) mass is 510 g/mol. The smallest absolute Gasteiger partial charge is 0.335 e. The fourth-order valence-electron chi connectivity index (χ4n) is 3.99. The molecule has 0 aliphatic rings. The molecular formula is C30H54O6. The number of carbonyl (C=O) groups is 3. The zero-order valence-electron chi connectivity index (χ0n) is 24.1.